The Kier molecular flexibility index (Phi) is 3.63. The van der Waals surface area contributed by atoms with Crippen molar-refractivity contribution in [2.24, 2.45) is 40.4 Å². The summed E-state index contributed by atoms with van der Waals surface area (Å²) < 4.78 is 0. The third-order valence-electron chi connectivity index (χ3n) is 9.07. The molecule has 0 aromatic carbocycles. The number of nitrogens with one attached hydrogen (secondary N) is 1. The lowest BCUT2D eigenvalue weighted by Crippen LogP contribution is -2.62. The van der Waals surface area contributed by atoms with Crippen molar-refractivity contribution in [1.82, 2.24) is 5.32 Å². The van der Waals surface area contributed by atoms with Gasteiger partial charge in [0.25, 0.3) is 0 Å². The minimum atomic E-state index is 0.204. The highest BCUT2D eigenvalue weighted by Crippen LogP contribution is 2.66. The fourth-order valence-corrected chi connectivity index (χ4v) is 7.83. The van der Waals surface area contributed by atoms with E-state index in [1.165, 1.54) is 44.9 Å². The van der Waals surface area contributed by atoms with Crippen molar-refractivity contribution < 1.29 is 4.79 Å². The zero-order chi connectivity index (χ0) is 16.4. The Balaban J connectivity index is 1.63. The predicted octanol–water partition coefficient (Wildman–Crippen LogP) is 4.78. The zero-order valence-corrected chi connectivity index (χ0v) is 15.5. The van der Waals surface area contributed by atoms with E-state index in [1.807, 2.05) is 0 Å². The Labute approximate surface area is 142 Å². The molecule has 4 rings (SSSR count). The number of amides is 1. The average Bonchev–Trinajstić information content (AvgIpc) is 2.85. The molecule has 0 bridgehead atoms. The summed E-state index contributed by atoms with van der Waals surface area (Å²) in [5.74, 6) is 4.20. The monoisotopic (exact) mass is 317 g/mol. The molecule has 0 aromatic rings. The molecule has 0 spiro atoms. The molecule has 1 aliphatic heterocycles. The van der Waals surface area contributed by atoms with Crippen LogP contribution in [0.3, 0.4) is 0 Å². The van der Waals surface area contributed by atoms with Crippen molar-refractivity contribution in [3.05, 3.63) is 0 Å². The maximum atomic E-state index is 12.2. The highest BCUT2D eigenvalue weighted by Gasteiger charge is 2.60. The first kappa shape index (κ1) is 16.0. The fourth-order valence-electron chi connectivity index (χ4n) is 7.83. The first-order chi connectivity index (χ1) is 10.9. The Morgan fingerprint density at radius 2 is 1.78 bits per heavy atom. The van der Waals surface area contributed by atoms with Crippen LogP contribution in [0.1, 0.15) is 79.1 Å². The molecule has 23 heavy (non-hydrogen) atoms. The molecule has 4 fully saturated rings. The molecule has 0 aromatic heterocycles. The number of carbonyl (C=O) groups is 1. The van der Waals surface area contributed by atoms with E-state index < -0.39 is 0 Å². The Bertz CT molecular complexity index is 502. The number of hydrogen-bond acceptors (Lipinski definition) is 1. The van der Waals surface area contributed by atoms with Crippen molar-refractivity contribution in [2.75, 3.05) is 0 Å². The van der Waals surface area contributed by atoms with Crippen molar-refractivity contribution in [3.8, 4) is 0 Å². The van der Waals surface area contributed by atoms with Gasteiger partial charge in [0.2, 0.25) is 5.91 Å². The normalized spacial score (nSPS) is 55.6. The van der Waals surface area contributed by atoms with Crippen LogP contribution in [0.2, 0.25) is 0 Å². The van der Waals surface area contributed by atoms with Crippen LogP contribution in [-0.4, -0.2) is 11.9 Å². The third-order valence-corrected chi connectivity index (χ3v) is 9.07. The summed E-state index contributed by atoms with van der Waals surface area (Å²) in [5.41, 5.74) is 0.963. The van der Waals surface area contributed by atoms with E-state index >= 15 is 0 Å². The van der Waals surface area contributed by atoms with Gasteiger partial charge in [-0.3, -0.25) is 4.79 Å². The highest BCUT2D eigenvalue weighted by atomic mass is 16.2. The topological polar surface area (TPSA) is 29.1 Å². The first-order valence-electron chi connectivity index (χ1n) is 10.2. The number of piperidine rings is 1. The fraction of sp³-hybridized carbons (Fsp3) is 0.952. The standard InChI is InChI=1S/C21H35NO/c1-5-14-6-8-16-15-7-9-18-21(4,12-13(2)19(23)22-18)17(15)10-11-20(14,16)3/h13-18H,5-12H2,1-4H3,(H,22,23)/t13?,14-,15-,16-,17-,18+,20+,21+/m0/s1. The highest BCUT2D eigenvalue weighted by molar-refractivity contribution is 5.79. The van der Waals surface area contributed by atoms with Crippen LogP contribution < -0.4 is 5.32 Å². The summed E-state index contributed by atoms with van der Waals surface area (Å²) in [5, 5.41) is 3.39. The molecule has 0 radical (unpaired) electrons. The van der Waals surface area contributed by atoms with Gasteiger partial charge in [0.15, 0.2) is 0 Å². The second-order valence-electron chi connectivity index (χ2n) is 9.85. The van der Waals surface area contributed by atoms with E-state index in [0.29, 0.717) is 22.8 Å². The van der Waals surface area contributed by atoms with Gasteiger partial charge in [-0.05, 0) is 79.4 Å². The largest absolute Gasteiger partial charge is 0.353 e. The molecule has 3 saturated carbocycles. The molecule has 2 nitrogen and oxygen atoms in total. The molecule has 1 unspecified atom stereocenters. The van der Waals surface area contributed by atoms with E-state index in [1.54, 1.807) is 0 Å². The van der Waals surface area contributed by atoms with Gasteiger partial charge in [0.05, 0.1) is 0 Å². The molecule has 2 heteroatoms. The molecule has 130 valence electrons. The minimum Gasteiger partial charge on any atom is -0.353 e. The van der Waals surface area contributed by atoms with Crippen LogP contribution in [-0.2, 0) is 4.79 Å². The van der Waals surface area contributed by atoms with Crippen LogP contribution in [0.5, 0.6) is 0 Å². The Morgan fingerprint density at radius 3 is 2.52 bits per heavy atom. The lowest BCUT2D eigenvalue weighted by atomic mass is 9.46. The van der Waals surface area contributed by atoms with E-state index in [2.05, 4.69) is 33.0 Å². The van der Waals surface area contributed by atoms with Crippen molar-refractivity contribution in [2.45, 2.75) is 85.1 Å². The molecule has 8 atom stereocenters. The van der Waals surface area contributed by atoms with Crippen LogP contribution in [0.25, 0.3) is 0 Å². The maximum Gasteiger partial charge on any atom is 0.223 e. The van der Waals surface area contributed by atoms with Crippen LogP contribution >= 0.6 is 0 Å². The number of fused-ring (bicyclic) bond motifs is 5. The SMILES string of the molecule is CC[C@H]1CC[C@H]2[C@@H]3CC[C@H]4NC(=O)C(C)C[C@]4(C)[C@H]3CC[C@]12C. The molecule has 1 N–H and O–H groups in total. The lowest BCUT2D eigenvalue weighted by Gasteiger charge is -2.61. The minimum absolute atomic E-state index is 0.204. The molecule has 1 heterocycles. The number of carbonyl (C=O) groups excluding carboxylic acids is 1. The van der Waals surface area contributed by atoms with Crippen molar-refractivity contribution >= 4 is 5.91 Å². The summed E-state index contributed by atoms with van der Waals surface area (Å²) in [6, 6.07) is 0.445. The summed E-state index contributed by atoms with van der Waals surface area (Å²) in [4.78, 5) is 12.2. The summed E-state index contributed by atoms with van der Waals surface area (Å²) in [7, 11) is 0. The Morgan fingerprint density at radius 1 is 1.04 bits per heavy atom. The van der Waals surface area contributed by atoms with Gasteiger partial charge in [-0.1, -0.05) is 34.1 Å². The smallest absolute Gasteiger partial charge is 0.223 e. The van der Waals surface area contributed by atoms with E-state index in [9.17, 15) is 4.79 Å². The predicted molar refractivity (Wildman–Crippen MR) is 93.9 cm³/mol. The molecule has 3 aliphatic carbocycles. The third kappa shape index (κ3) is 2.09. The summed E-state index contributed by atoms with van der Waals surface area (Å²) >= 11 is 0. The van der Waals surface area contributed by atoms with E-state index in [0.717, 1.165) is 30.1 Å². The number of rotatable bonds is 1. The quantitative estimate of drug-likeness (QED) is 0.741. The lowest BCUT2D eigenvalue weighted by molar-refractivity contribution is -0.143. The number of hydrogen-bond donors (Lipinski definition) is 1. The van der Waals surface area contributed by atoms with Crippen LogP contribution in [0.15, 0.2) is 0 Å². The van der Waals surface area contributed by atoms with Gasteiger partial charge in [-0.2, -0.15) is 0 Å². The second kappa shape index (κ2) is 5.23. The molecule has 1 amide bonds. The average molecular weight is 318 g/mol. The zero-order valence-electron chi connectivity index (χ0n) is 15.5. The maximum absolute atomic E-state index is 12.2. The molecule has 1 saturated heterocycles. The van der Waals surface area contributed by atoms with Gasteiger partial charge in [0.1, 0.15) is 0 Å². The van der Waals surface area contributed by atoms with Crippen molar-refractivity contribution in [3.63, 3.8) is 0 Å². The van der Waals surface area contributed by atoms with E-state index in [-0.39, 0.29) is 5.92 Å². The van der Waals surface area contributed by atoms with Gasteiger partial charge < -0.3 is 5.32 Å². The van der Waals surface area contributed by atoms with Crippen LogP contribution in [0.4, 0.5) is 0 Å². The van der Waals surface area contributed by atoms with Gasteiger partial charge in [0, 0.05) is 12.0 Å². The van der Waals surface area contributed by atoms with E-state index in [4.69, 9.17) is 0 Å². The molecular weight excluding hydrogens is 282 g/mol. The summed E-state index contributed by atoms with van der Waals surface area (Å²) in [6.07, 6.45) is 10.8. The van der Waals surface area contributed by atoms with Gasteiger partial charge in [-0.25, -0.2) is 0 Å². The summed E-state index contributed by atoms with van der Waals surface area (Å²) in [6.45, 7) is 9.67. The molecular formula is C21H35NO. The second-order valence-corrected chi connectivity index (χ2v) is 9.85. The first-order valence-corrected chi connectivity index (χ1v) is 10.2. The van der Waals surface area contributed by atoms with Gasteiger partial charge in [-0.15, -0.1) is 0 Å². The van der Waals surface area contributed by atoms with Crippen LogP contribution in [0, 0.1) is 40.4 Å². The Hall–Kier alpha value is -0.530. The van der Waals surface area contributed by atoms with Crippen molar-refractivity contribution in [1.29, 1.82) is 0 Å². The van der Waals surface area contributed by atoms with Gasteiger partial charge >= 0.3 is 0 Å². The molecule has 4 aliphatic rings.